The van der Waals surface area contributed by atoms with E-state index in [2.05, 4.69) is 28.2 Å². The predicted molar refractivity (Wildman–Crippen MR) is 64.1 cm³/mol. The summed E-state index contributed by atoms with van der Waals surface area (Å²) in [5.41, 5.74) is 6.51. The molecule has 3 N–H and O–H groups in total. The Balaban J connectivity index is 2.50. The molecule has 0 radical (unpaired) electrons. The van der Waals surface area contributed by atoms with Gasteiger partial charge in [0.05, 0.1) is 0 Å². The van der Waals surface area contributed by atoms with Crippen LogP contribution in [0.3, 0.4) is 0 Å². The summed E-state index contributed by atoms with van der Waals surface area (Å²) < 4.78 is 13.6. The molecule has 0 spiro atoms. The van der Waals surface area contributed by atoms with E-state index in [9.17, 15) is 4.39 Å². The summed E-state index contributed by atoms with van der Waals surface area (Å²) in [6.07, 6.45) is 0.943. The maximum Gasteiger partial charge on any atom is 0.124 e. The lowest BCUT2D eigenvalue weighted by molar-refractivity contribution is 0.518. The zero-order valence-electron chi connectivity index (χ0n) is 8.76. The molecule has 0 saturated heterocycles. The molecule has 0 amide bonds. The van der Waals surface area contributed by atoms with Crippen molar-refractivity contribution in [3.63, 3.8) is 0 Å². The van der Waals surface area contributed by atoms with Gasteiger partial charge in [0.2, 0.25) is 0 Å². The third-order valence-electron chi connectivity index (χ3n) is 2.26. The van der Waals surface area contributed by atoms with Crippen molar-refractivity contribution in [3.05, 3.63) is 34.1 Å². The van der Waals surface area contributed by atoms with Crippen molar-refractivity contribution < 1.29 is 4.39 Å². The molecule has 0 heterocycles. The summed E-state index contributed by atoms with van der Waals surface area (Å²) in [6, 6.07) is 5.11. The van der Waals surface area contributed by atoms with Gasteiger partial charge in [-0.15, -0.1) is 0 Å². The largest absolute Gasteiger partial charge is 0.330 e. The Morgan fingerprint density at radius 2 is 2.27 bits per heavy atom. The predicted octanol–water partition coefficient (Wildman–Crippen LogP) is 2.42. The van der Waals surface area contributed by atoms with E-state index in [1.165, 1.54) is 12.1 Å². The van der Waals surface area contributed by atoms with Crippen LogP contribution in [0.2, 0.25) is 0 Å². The van der Waals surface area contributed by atoms with Crippen molar-refractivity contribution in [2.45, 2.75) is 25.9 Å². The molecule has 1 rings (SSSR count). The van der Waals surface area contributed by atoms with E-state index < -0.39 is 0 Å². The third kappa shape index (κ3) is 4.28. The Labute approximate surface area is 98.2 Å². The van der Waals surface area contributed by atoms with Gasteiger partial charge in [0, 0.05) is 17.1 Å². The lowest BCUT2D eigenvalue weighted by atomic mass is 10.2. The molecule has 0 bridgehead atoms. The number of hydrogen-bond acceptors (Lipinski definition) is 2. The highest BCUT2D eigenvalue weighted by atomic mass is 79.9. The molecule has 0 aromatic heterocycles. The first-order chi connectivity index (χ1) is 7.13. The first kappa shape index (κ1) is 12.6. The molecule has 0 aliphatic heterocycles. The molecule has 1 atom stereocenters. The molecule has 1 aromatic rings. The van der Waals surface area contributed by atoms with Crippen LogP contribution in [0, 0.1) is 5.82 Å². The lowest BCUT2D eigenvalue weighted by Gasteiger charge is -2.13. The maximum absolute atomic E-state index is 12.8. The molecule has 0 saturated carbocycles. The van der Waals surface area contributed by atoms with Crippen molar-refractivity contribution in [3.8, 4) is 0 Å². The minimum Gasteiger partial charge on any atom is -0.330 e. The molecule has 0 aliphatic rings. The highest BCUT2D eigenvalue weighted by molar-refractivity contribution is 9.10. The Kier molecular flexibility index (Phi) is 5.22. The van der Waals surface area contributed by atoms with Gasteiger partial charge >= 0.3 is 0 Å². The molecule has 1 unspecified atom stereocenters. The van der Waals surface area contributed by atoms with E-state index in [0.29, 0.717) is 12.6 Å². The molecule has 84 valence electrons. The molecule has 2 nitrogen and oxygen atoms in total. The molecular formula is C11H16BrFN2. The molecule has 15 heavy (non-hydrogen) atoms. The summed E-state index contributed by atoms with van der Waals surface area (Å²) in [6.45, 7) is 3.49. The number of nitrogens with one attached hydrogen (secondary N) is 1. The fourth-order valence-electron chi connectivity index (χ4n) is 1.30. The van der Waals surface area contributed by atoms with Crippen molar-refractivity contribution >= 4 is 15.9 Å². The van der Waals surface area contributed by atoms with E-state index in [1.807, 2.05) is 0 Å². The first-order valence-electron chi connectivity index (χ1n) is 5.01. The van der Waals surface area contributed by atoms with Gasteiger partial charge in [-0.1, -0.05) is 22.0 Å². The van der Waals surface area contributed by atoms with Crippen LogP contribution in [0.5, 0.6) is 0 Å². The summed E-state index contributed by atoms with van der Waals surface area (Å²) >= 11 is 3.33. The fraction of sp³-hybridized carbons (Fsp3) is 0.455. The summed E-state index contributed by atoms with van der Waals surface area (Å²) in [5.74, 6) is -0.222. The summed E-state index contributed by atoms with van der Waals surface area (Å²) in [7, 11) is 0. The van der Waals surface area contributed by atoms with Gasteiger partial charge in [0.1, 0.15) is 5.82 Å². The van der Waals surface area contributed by atoms with Crippen LogP contribution in [0.15, 0.2) is 22.7 Å². The highest BCUT2D eigenvalue weighted by Crippen LogP contribution is 2.17. The Morgan fingerprint density at radius 3 is 2.87 bits per heavy atom. The molecule has 4 heteroatoms. The Hall–Kier alpha value is -0.450. The highest BCUT2D eigenvalue weighted by Gasteiger charge is 2.03. The van der Waals surface area contributed by atoms with Gasteiger partial charge in [0.25, 0.3) is 0 Å². The van der Waals surface area contributed by atoms with Crippen LogP contribution in [-0.2, 0) is 6.54 Å². The van der Waals surface area contributed by atoms with E-state index in [4.69, 9.17) is 5.73 Å². The van der Waals surface area contributed by atoms with Crippen molar-refractivity contribution in [1.82, 2.24) is 5.32 Å². The van der Waals surface area contributed by atoms with Gasteiger partial charge in [-0.3, -0.25) is 0 Å². The van der Waals surface area contributed by atoms with Gasteiger partial charge in [-0.05, 0) is 37.6 Å². The quantitative estimate of drug-likeness (QED) is 0.866. The van der Waals surface area contributed by atoms with E-state index in [-0.39, 0.29) is 5.82 Å². The number of halogens is 2. The number of benzene rings is 1. The SMILES string of the molecule is CC(CCN)NCc1ccc(F)cc1Br. The van der Waals surface area contributed by atoms with Gasteiger partial charge in [-0.25, -0.2) is 4.39 Å². The molecule has 1 aromatic carbocycles. The second kappa shape index (κ2) is 6.20. The zero-order valence-corrected chi connectivity index (χ0v) is 10.3. The van der Waals surface area contributed by atoms with Crippen LogP contribution in [0.4, 0.5) is 4.39 Å². The monoisotopic (exact) mass is 274 g/mol. The fourth-order valence-corrected chi connectivity index (χ4v) is 1.79. The molecule has 0 fully saturated rings. The van der Waals surface area contributed by atoms with E-state index >= 15 is 0 Å². The van der Waals surface area contributed by atoms with Crippen LogP contribution in [0.25, 0.3) is 0 Å². The Morgan fingerprint density at radius 1 is 1.53 bits per heavy atom. The number of hydrogen-bond donors (Lipinski definition) is 2. The smallest absolute Gasteiger partial charge is 0.124 e. The maximum atomic E-state index is 12.8. The average molecular weight is 275 g/mol. The molecular weight excluding hydrogens is 259 g/mol. The third-order valence-corrected chi connectivity index (χ3v) is 2.99. The zero-order chi connectivity index (χ0) is 11.3. The van der Waals surface area contributed by atoms with E-state index in [0.717, 1.165) is 23.0 Å². The summed E-state index contributed by atoms with van der Waals surface area (Å²) in [4.78, 5) is 0. The second-order valence-electron chi connectivity index (χ2n) is 3.60. The van der Waals surface area contributed by atoms with Crippen LogP contribution < -0.4 is 11.1 Å². The standard InChI is InChI=1S/C11H16BrFN2/c1-8(4-5-14)15-7-9-2-3-10(13)6-11(9)12/h2-3,6,8,15H,4-5,7,14H2,1H3. The van der Waals surface area contributed by atoms with Gasteiger partial charge < -0.3 is 11.1 Å². The van der Waals surface area contributed by atoms with Gasteiger partial charge in [-0.2, -0.15) is 0 Å². The normalized spacial score (nSPS) is 12.8. The van der Waals surface area contributed by atoms with E-state index in [1.54, 1.807) is 6.07 Å². The number of rotatable bonds is 5. The second-order valence-corrected chi connectivity index (χ2v) is 4.45. The first-order valence-corrected chi connectivity index (χ1v) is 5.80. The van der Waals surface area contributed by atoms with Crippen LogP contribution >= 0.6 is 15.9 Å². The Bertz CT molecular complexity index is 317. The summed E-state index contributed by atoms with van der Waals surface area (Å²) in [5, 5.41) is 3.33. The average Bonchev–Trinajstić information content (AvgIpc) is 2.17. The van der Waals surface area contributed by atoms with Gasteiger partial charge in [0.15, 0.2) is 0 Å². The van der Waals surface area contributed by atoms with Crippen molar-refractivity contribution in [1.29, 1.82) is 0 Å². The van der Waals surface area contributed by atoms with Crippen molar-refractivity contribution in [2.24, 2.45) is 5.73 Å². The minimum absolute atomic E-state index is 0.222. The topological polar surface area (TPSA) is 38.0 Å². The molecule has 0 aliphatic carbocycles. The minimum atomic E-state index is -0.222. The lowest BCUT2D eigenvalue weighted by Crippen LogP contribution is -2.27. The number of nitrogens with two attached hydrogens (primary N) is 1. The van der Waals surface area contributed by atoms with Crippen molar-refractivity contribution in [2.75, 3.05) is 6.54 Å². The van der Waals surface area contributed by atoms with Crippen LogP contribution in [-0.4, -0.2) is 12.6 Å². The van der Waals surface area contributed by atoms with Crippen LogP contribution in [0.1, 0.15) is 18.9 Å².